The first kappa shape index (κ1) is 9.26. The normalized spacial score (nSPS) is 13.3. The van der Waals surface area contributed by atoms with Gasteiger partial charge in [-0.1, -0.05) is 0 Å². The van der Waals surface area contributed by atoms with Crippen LogP contribution in [0.5, 0.6) is 0 Å². The summed E-state index contributed by atoms with van der Waals surface area (Å²) in [5.74, 6) is -6.76. The van der Waals surface area contributed by atoms with Crippen LogP contribution in [-0.4, -0.2) is 22.7 Å². The fourth-order valence-corrected chi connectivity index (χ4v) is 0.254. The summed E-state index contributed by atoms with van der Waals surface area (Å²) in [6.07, 6.45) is 0. The number of carboxylic acids is 1. The molecule has 0 aliphatic rings. The van der Waals surface area contributed by atoms with E-state index >= 15 is 0 Å². The van der Waals surface area contributed by atoms with Crippen LogP contribution in [0.2, 0.25) is 0 Å². The van der Waals surface area contributed by atoms with Crippen LogP contribution in [0.3, 0.4) is 0 Å². The lowest BCUT2D eigenvalue weighted by atomic mass is 10.0. The second-order valence-electron chi connectivity index (χ2n) is 2.35. The highest BCUT2D eigenvalue weighted by Crippen LogP contribution is 2.31. The van der Waals surface area contributed by atoms with E-state index in [9.17, 15) is 18.0 Å². The van der Waals surface area contributed by atoms with Crippen molar-refractivity contribution < 1.29 is 23.1 Å². The van der Waals surface area contributed by atoms with Crippen molar-refractivity contribution in [3.8, 4) is 0 Å². The predicted molar refractivity (Wildman–Crippen MR) is 27.8 cm³/mol. The van der Waals surface area contributed by atoms with Crippen molar-refractivity contribution in [1.29, 1.82) is 0 Å². The third-order valence-corrected chi connectivity index (χ3v) is 1.02. The van der Waals surface area contributed by atoms with Crippen molar-refractivity contribution in [1.82, 2.24) is 0 Å². The number of hydrogen-bond acceptors (Lipinski definition) is 1. The third-order valence-electron chi connectivity index (χ3n) is 1.02. The van der Waals surface area contributed by atoms with Gasteiger partial charge in [-0.2, -0.15) is 8.78 Å². The lowest BCUT2D eigenvalue weighted by molar-refractivity contribution is -0.186. The van der Waals surface area contributed by atoms with E-state index in [1.165, 1.54) is 0 Å². The van der Waals surface area contributed by atoms with Gasteiger partial charge in [0.15, 0.2) is 5.67 Å². The largest absolute Gasteiger partial charge is 0.477 e. The van der Waals surface area contributed by atoms with Gasteiger partial charge in [-0.25, -0.2) is 9.18 Å². The molecule has 0 heterocycles. The van der Waals surface area contributed by atoms with Crippen LogP contribution < -0.4 is 0 Å². The zero-order chi connectivity index (χ0) is 8.58. The van der Waals surface area contributed by atoms with E-state index < -0.39 is 17.6 Å². The summed E-state index contributed by atoms with van der Waals surface area (Å²) in [5.41, 5.74) is -3.02. The number of rotatable bonds is 2. The topological polar surface area (TPSA) is 37.3 Å². The van der Waals surface area contributed by atoms with Crippen LogP contribution in [0, 0.1) is 0 Å². The molecule has 0 saturated heterocycles. The number of carboxylic acid groups (broad SMARTS) is 1. The molecule has 1 N–H and O–H groups in total. The maximum absolute atomic E-state index is 12.3. The monoisotopic (exact) mass is 156 g/mol. The van der Waals surface area contributed by atoms with Crippen LogP contribution >= 0.6 is 0 Å². The molecule has 60 valence electrons. The summed E-state index contributed by atoms with van der Waals surface area (Å²) in [6.45, 7) is 1.03. The molecule has 0 atom stereocenters. The second kappa shape index (κ2) is 2.14. The summed E-state index contributed by atoms with van der Waals surface area (Å²) in [6, 6.07) is 0. The molecule has 0 bridgehead atoms. The Labute approximate surface area is 55.7 Å². The lowest BCUT2D eigenvalue weighted by Crippen LogP contribution is -2.45. The zero-order valence-corrected chi connectivity index (χ0v) is 5.49. The Balaban J connectivity index is 4.57. The average Bonchev–Trinajstić information content (AvgIpc) is 1.62. The van der Waals surface area contributed by atoms with Crippen LogP contribution in [0.25, 0.3) is 0 Å². The van der Waals surface area contributed by atoms with Gasteiger partial charge in [0.05, 0.1) is 0 Å². The zero-order valence-electron chi connectivity index (χ0n) is 5.49. The van der Waals surface area contributed by atoms with Crippen LogP contribution in [0.15, 0.2) is 0 Å². The van der Waals surface area contributed by atoms with Crippen molar-refractivity contribution in [3.63, 3.8) is 0 Å². The first-order valence-corrected chi connectivity index (χ1v) is 2.49. The maximum Gasteiger partial charge on any atom is 0.378 e. The molecule has 5 heteroatoms. The van der Waals surface area contributed by atoms with Crippen LogP contribution in [-0.2, 0) is 4.79 Å². The van der Waals surface area contributed by atoms with E-state index in [1.54, 1.807) is 0 Å². The molecule has 0 aliphatic carbocycles. The molecule has 0 unspecified atom stereocenters. The summed E-state index contributed by atoms with van der Waals surface area (Å²) in [5, 5.41) is 7.79. The Kier molecular flexibility index (Phi) is 1.98. The van der Waals surface area contributed by atoms with Crippen molar-refractivity contribution >= 4 is 5.97 Å². The quantitative estimate of drug-likeness (QED) is 0.657. The van der Waals surface area contributed by atoms with Gasteiger partial charge < -0.3 is 5.11 Å². The predicted octanol–water partition coefficient (Wildman–Crippen LogP) is 1.45. The molecule has 0 saturated carbocycles. The number of alkyl halides is 3. The summed E-state index contributed by atoms with van der Waals surface area (Å²) >= 11 is 0. The van der Waals surface area contributed by atoms with Gasteiger partial charge in [0, 0.05) is 0 Å². The number of hydrogen-bond donors (Lipinski definition) is 1. The first-order chi connectivity index (χ1) is 4.19. The summed E-state index contributed by atoms with van der Waals surface area (Å²) in [7, 11) is 0. The smallest absolute Gasteiger partial charge is 0.378 e. The van der Waals surface area contributed by atoms with Gasteiger partial charge in [0.1, 0.15) is 0 Å². The van der Waals surface area contributed by atoms with E-state index in [4.69, 9.17) is 5.11 Å². The Bertz CT molecular complexity index is 147. The summed E-state index contributed by atoms with van der Waals surface area (Å²) < 4.78 is 36.4. The Morgan fingerprint density at radius 3 is 1.60 bits per heavy atom. The van der Waals surface area contributed by atoms with Crippen molar-refractivity contribution in [2.75, 3.05) is 0 Å². The standard InChI is InChI=1S/C5H7F3O2/c1-4(2,6)5(7,8)3(9)10/h1-2H3,(H,9,10). The Morgan fingerprint density at radius 2 is 1.60 bits per heavy atom. The molecule has 0 aromatic carbocycles. The highest BCUT2D eigenvalue weighted by molar-refractivity contribution is 5.76. The lowest BCUT2D eigenvalue weighted by Gasteiger charge is -2.21. The highest BCUT2D eigenvalue weighted by Gasteiger charge is 2.54. The molecule has 2 nitrogen and oxygen atoms in total. The van der Waals surface area contributed by atoms with Gasteiger partial charge in [-0.3, -0.25) is 0 Å². The fraction of sp³-hybridized carbons (Fsp3) is 0.800. The second-order valence-corrected chi connectivity index (χ2v) is 2.35. The van der Waals surface area contributed by atoms with Crippen LogP contribution in [0.1, 0.15) is 13.8 Å². The minimum absolute atomic E-state index is 0.515. The molecule has 10 heavy (non-hydrogen) atoms. The minimum atomic E-state index is -4.31. The first-order valence-electron chi connectivity index (χ1n) is 2.49. The molecule has 0 radical (unpaired) electrons. The van der Waals surface area contributed by atoms with E-state index in [1.807, 2.05) is 0 Å². The number of carbonyl (C=O) groups is 1. The van der Waals surface area contributed by atoms with E-state index in [0.29, 0.717) is 13.8 Å². The summed E-state index contributed by atoms with van der Waals surface area (Å²) in [4.78, 5) is 9.68. The molecule has 0 rings (SSSR count). The molecule has 0 aromatic heterocycles. The molecule has 0 amide bonds. The van der Waals surface area contributed by atoms with Crippen LogP contribution in [0.4, 0.5) is 13.2 Å². The molecule has 0 fully saturated rings. The number of aliphatic carboxylic acids is 1. The van der Waals surface area contributed by atoms with Gasteiger partial charge in [0.25, 0.3) is 0 Å². The molecular weight excluding hydrogens is 149 g/mol. The fourth-order valence-electron chi connectivity index (χ4n) is 0.254. The van der Waals surface area contributed by atoms with E-state index in [-0.39, 0.29) is 0 Å². The minimum Gasteiger partial charge on any atom is -0.477 e. The Morgan fingerprint density at radius 1 is 1.30 bits per heavy atom. The van der Waals surface area contributed by atoms with Crippen molar-refractivity contribution in [2.45, 2.75) is 25.4 Å². The van der Waals surface area contributed by atoms with Gasteiger partial charge >= 0.3 is 11.9 Å². The average molecular weight is 156 g/mol. The highest BCUT2D eigenvalue weighted by atomic mass is 19.3. The molecular formula is C5H7F3O2. The number of halogens is 3. The Hall–Kier alpha value is -0.740. The van der Waals surface area contributed by atoms with Crippen molar-refractivity contribution in [2.24, 2.45) is 0 Å². The van der Waals surface area contributed by atoms with E-state index in [2.05, 4.69) is 0 Å². The third kappa shape index (κ3) is 1.40. The molecule has 0 aliphatic heterocycles. The van der Waals surface area contributed by atoms with E-state index in [0.717, 1.165) is 0 Å². The molecule has 0 spiro atoms. The van der Waals surface area contributed by atoms with Gasteiger partial charge in [-0.15, -0.1) is 0 Å². The van der Waals surface area contributed by atoms with Crippen molar-refractivity contribution in [3.05, 3.63) is 0 Å². The maximum atomic E-state index is 12.3. The SMILES string of the molecule is CC(C)(F)C(F)(F)C(=O)O. The molecule has 0 aromatic rings. The van der Waals surface area contributed by atoms with Gasteiger partial charge in [0.2, 0.25) is 0 Å². The van der Waals surface area contributed by atoms with Gasteiger partial charge in [-0.05, 0) is 13.8 Å².